The first-order valence-electron chi connectivity index (χ1n) is 11.9. The highest BCUT2D eigenvalue weighted by Crippen LogP contribution is 2.37. The first-order chi connectivity index (χ1) is 18.2. The average Bonchev–Trinajstić information content (AvgIpc) is 2.88. The van der Waals surface area contributed by atoms with E-state index < -0.39 is 23.7 Å². The first-order valence-corrected chi connectivity index (χ1v) is 13.1. The molecule has 0 radical (unpaired) electrons. The molecule has 0 heterocycles. The van der Waals surface area contributed by atoms with Crippen molar-refractivity contribution in [3.05, 3.63) is 92.7 Å². The Kier molecular flexibility index (Phi) is 10.7. The molecule has 7 nitrogen and oxygen atoms in total. The van der Waals surface area contributed by atoms with Gasteiger partial charge < -0.3 is 14.8 Å². The number of hydrogen-bond donors (Lipinski definition) is 2. The summed E-state index contributed by atoms with van der Waals surface area (Å²) in [6.45, 7) is 6.20. The van der Waals surface area contributed by atoms with Crippen LogP contribution in [-0.4, -0.2) is 30.7 Å². The molecule has 0 fully saturated rings. The van der Waals surface area contributed by atoms with E-state index in [1.54, 1.807) is 38.1 Å². The molecule has 0 saturated heterocycles. The molecule has 10 heteroatoms. The smallest absolute Gasteiger partial charge is 0.262 e. The fraction of sp³-hybridized carbons (Fsp3) is 0.250. The second-order valence-electron chi connectivity index (χ2n) is 8.61. The lowest BCUT2D eigenvalue weighted by atomic mass is 10.0. The maximum Gasteiger partial charge on any atom is 0.262 e. The number of ether oxygens (including phenoxy) is 2. The molecule has 0 aliphatic heterocycles. The topological polar surface area (TPSA) is 89.0 Å². The van der Waals surface area contributed by atoms with Gasteiger partial charge in [-0.2, -0.15) is 5.10 Å². The van der Waals surface area contributed by atoms with E-state index >= 15 is 0 Å². The summed E-state index contributed by atoms with van der Waals surface area (Å²) < 4.78 is 25.6. The van der Waals surface area contributed by atoms with Crippen molar-refractivity contribution in [1.82, 2.24) is 10.7 Å². The predicted molar refractivity (Wildman–Crippen MR) is 149 cm³/mol. The Bertz CT molecular complexity index is 1280. The minimum absolute atomic E-state index is 0.217. The fourth-order valence-electron chi connectivity index (χ4n) is 3.40. The second kappa shape index (κ2) is 13.9. The summed E-state index contributed by atoms with van der Waals surface area (Å²) in [6.07, 6.45) is 1.47. The molecule has 1 atom stereocenters. The van der Waals surface area contributed by atoms with Crippen LogP contribution >= 0.6 is 27.5 Å². The zero-order valence-corrected chi connectivity index (χ0v) is 23.5. The zero-order valence-electron chi connectivity index (χ0n) is 21.1. The number of benzene rings is 3. The van der Waals surface area contributed by atoms with Crippen LogP contribution in [0.3, 0.4) is 0 Å². The quantitative estimate of drug-likeness (QED) is 0.204. The molecule has 2 amide bonds. The van der Waals surface area contributed by atoms with Crippen molar-refractivity contribution in [2.45, 2.75) is 33.4 Å². The van der Waals surface area contributed by atoms with E-state index in [9.17, 15) is 14.0 Å². The van der Waals surface area contributed by atoms with Gasteiger partial charge in [-0.05, 0) is 88.4 Å². The van der Waals surface area contributed by atoms with Gasteiger partial charge in [-0.3, -0.25) is 9.59 Å². The van der Waals surface area contributed by atoms with E-state index in [-0.39, 0.29) is 11.5 Å². The van der Waals surface area contributed by atoms with E-state index in [4.69, 9.17) is 21.1 Å². The van der Waals surface area contributed by atoms with Crippen molar-refractivity contribution < 1.29 is 23.5 Å². The maximum atomic E-state index is 13.2. The van der Waals surface area contributed by atoms with E-state index in [1.807, 2.05) is 19.1 Å². The van der Waals surface area contributed by atoms with Crippen LogP contribution in [0.15, 0.2) is 70.2 Å². The van der Waals surface area contributed by atoms with Crippen LogP contribution in [0.4, 0.5) is 4.39 Å². The van der Waals surface area contributed by atoms with E-state index in [0.717, 1.165) is 5.56 Å². The third-order valence-electron chi connectivity index (χ3n) is 5.36. The maximum absolute atomic E-state index is 13.2. The van der Waals surface area contributed by atoms with Crippen molar-refractivity contribution in [3.8, 4) is 11.5 Å². The molecule has 0 saturated carbocycles. The SMILES string of the molecule is CCOc1cc(C=NNC(=O)C(NC(=O)c2ccc(F)cc2)C(C)C)cc(Br)c1OCc1ccc(Cl)cc1. The normalized spacial score (nSPS) is 11.9. The number of hydrogen-bond acceptors (Lipinski definition) is 5. The third kappa shape index (κ3) is 8.29. The van der Waals surface area contributed by atoms with Gasteiger partial charge in [0.05, 0.1) is 17.3 Å². The minimum Gasteiger partial charge on any atom is -0.490 e. The van der Waals surface area contributed by atoms with Gasteiger partial charge in [0.2, 0.25) is 0 Å². The highest BCUT2D eigenvalue weighted by molar-refractivity contribution is 9.10. The van der Waals surface area contributed by atoms with Crippen LogP contribution in [0.2, 0.25) is 5.02 Å². The molecule has 3 aromatic carbocycles. The van der Waals surface area contributed by atoms with Crippen LogP contribution in [0.25, 0.3) is 0 Å². The number of nitrogens with one attached hydrogen (secondary N) is 2. The Hall–Kier alpha value is -3.43. The largest absolute Gasteiger partial charge is 0.490 e. The third-order valence-corrected chi connectivity index (χ3v) is 6.20. The van der Waals surface area contributed by atoms with Crippen molar-refractivity contribution in [2.24, 2.45) is 11.0 Å². The summed E-state index contributed by atoms with van der Waals surface area (Å²) in [5.74, 6) is -0.595. The molecule has 38 heavy (non-hydrogen) atoms. The van der Waals surface area contributed by atoms with Gasteiger partial charge in [-0.25, -0.2) is 9.82 Å². The number of nitrogens with zero attached hydrogens (tertiary/aromatic N) is 1. The molecule has 3 aromatic rings. The summed E-state index contributed by atoms with van der Waals surface area (Å²) in [5.41, 5.74) is 4.32. The number of carbonyl (C=O) groups is 2. The molecule has 0 spiro atoms. The molecule has 200 valence electrons. The lowest BCUT2D eigenvalue weighted by Gasteiger charge is -2.20. The van der Waals surface area contributed by atoms with Crippen molar-refractivity contribution in [1.29, 1.82) is 0 Å². The standard InChI is InChI=1S/C28H28BrClFN3O4/c1-4-37-24-14-19(13-23(29)26(24)38-16-18-5-9-21(30)10-6-18)15-32-34-28(36)25(17(2)3)33-27(35)20-7-11-22(31)12-8-20/h5-15,17,25H,4,16H2,1-3H3,(H,33,35)(H,34,36). The molecule has 0 aliphatic carbocycles. The fourth-order valence-corrected chi connectivity index (χ4v) is 4.10. The lowest BCUT2D eigenvalue weighted by molar-refractivity contribution is -0.123. The molecule has 0 aliphatic rings. The summed E-state index contributed by atoms with van der Waals surface area (Å²) in [7, 11) is 0. The number of hydrazone groups is 1. The van der Waals surface area contributed by atoms with Crippen molar-refractivity contribution >= 4 is 45.6 Å². The zero-order chi connectivity index (χ0) is 27.7. The summed E-state index contributed by atoms with van der Waals surface area (Å²) in [6, 6.07) is 15.1. The molecule has 0 bridgehead atoms. The number of rotatable bonds is 11. The first kappa shape index (κ1) is 29.1. The van der Waals surface area contributed by atoms with Crippen LogP contribution in [0.5, 0.6) is 11.5 Å². The van der Waals surface area contributed by atoms with Gasteiger partial charge in [0.15, 0.2) is 11.5 Å². The van der Waals surface area contributed by atoms with Crippen LogP contribution in [-0.2, 0) is 11.4 Å². The van der Waals surface area contributed by atoms with Gasteiger partial charge in [0.1, 0.15) is 18.5 Å². The lowest BCUT2D eigenvalue weighted by Crippen LogP contribution is -2.48. The molecule has 3 rings (SSSR count). The molecule has 2 N–H and O–H groups in total. The molecule has 1 unspecified atom stereocenters. The highest BCUT2D eigenvalue weighted by Gasteiger charge is 2.24. The van der Waals surface area contributed by atoms with Crippen molar-refractivity contribution in [3.63, 3.8) is 0 Å². The highest BCUT2D eigenvalue weighted by atomic mass is 79.9. The number of halogens is 3. The van der Waals surface area contributed by atoms with E-state index in [0.29, 0.717) is 39.8 Å². The van der Waals surface area contributed by atoms with Gasteiger partial charge in [-0.1, -0.05) is 37.6 Å². The Labute approximate surface area is 234 Å². The minimum atomic E-state index is -0.848. The van der Waals surface area contributed by atoms with E-state index in [1.165, 1.54) is 30.5 Å². The van der Waals surface area contributed by atoms with Gasteiger partial charge in [0, 0.05) is 10.6 Å². The Morgan fingerprint density at radius 3 is 2.39 bits per heavy atom. The Morgan fingerprint density at radius 2 is 1.76 bits per heavy atom. The monoisotopic (exact) mass is 603 g/mol. The van der Waals surface area contributed by atoms with Crippen LogP contribution in [0.1, 0.15) is 42.3 Å². The second-order valence-corrected chi connectivity index (χ2v) is 9.91. The van der Waals surface area contributed by atoms with Gasteiger partial charge >= 0.3 is 0 Å². The summed E-state index contributed by atoms with van der Waals surface area (Å²) >= 11 is 9.47. The summed E-state index contributed by atoms with van der Waals surface area (Å²) in [4.78, 5) is 25.3. The Balaban J connectivity index is 1.67. The Morgan fingerprint density at radius 1 is 1.08 bits per heavy atom. The molecule has 0 aromatic heterocycles. The molecular formula is C28H28BrClFN3O4. The number of amides is 2. The van der Waals surface area contributed by atoms with Crippen LogP contribution < -0.4 is 20.2 Å². The van der Waals surface area contributed by atoms with Crippen molar-refractivity contribution in [2.75, 3.05) is 6.61 Å². The van der Waals surface area contributed by atoms with E-state index in [2.05, 4.69) is 31.8 Å². The molecular weight excluding hydrogens is 577 g/mol. The van der Waals surface area contributed by atoms with Crippen LogP contribution in [0, 0.1) is 11.7 Å². The average molecular weight is 605 g/mol. The van der Waals surface area contributed by atoms with Gasteiger partial charge in [-0.15, -0.1) is 0 Å². The van der Waals surface area contributed by atoms with Gasteiger partial charge in [0.25, 0.3) is 11.8 Å². The predicted octanol–water partition coefficient (Wildman–Crippen LogP) is 6.12. The number of carbonyl (C=O) groups excluding carboxylic acids is 2. The summed E-state index contributed by atoms with van der Waals surface area (Å²) in [5, 5.41) is 7.38.